The van der Waals surface area contributed by atoms with Crippen molar-refractivity contribution < 1.29 is 28.2 Å². The van der Waals surface area contributed by atoms with Gasteiger partial charge in [0.25, 0.3) is 0 Å². The number of carbonyl (C=O) groups excluding carboxylic acids is 2. The van der Waals surface area contributed by atoms with Gasteiger partial charge >= 0.3 is 26.2 Å². The van der Waals surface area contributed by atoms with Gasteiger partial charge in [0, 0.05) is 0 Å². The van der Waals surface area contributed by atoms with Crippen LogP contribution in [-0.4, -0.2) is 38.4 Å². The summed E-state index contributed by atoms with van der Waals surface area (Å²) in [6.45, 7) is 3.64. The van der Waals surface area contributed by atoms with E-state index in [1.54, 1.807) is 0 Å². The minimum absolute atomic E-state index is 0.543. The third-order valence-corrected chi connectivity index (χ3v) is 2.50. The van der Waals surface area contributed by atoms with Crippen LogP contribution in [0.3, 0.4) is 0 Å². The molecule has 0 unspecified atom stereocenters. The fraction of sp³-hybridized carbons (Fsp3) is 0.750. The molecule has 2 aliphatic rings. The Labute approximate surface area is 93.8 Å². The largest absolute Gasteiger partial charge is 0.527 e. The second kappa shape index (κ2) is 4.47. The molecule has 16 heavy (non-hydrogen) atoms. The van der Waals surface area contributed by atoms with E-state index in [1.807, 2.05) is 13.8 Å². The Kier molecular flexibility index (Phi) is 3.20. The molecule has 6 nitrogen and oxygen atoms in total. The van der Waals surface area contributed by atoms with E-state index in [-0.39, 0.29) is 0 Å². The molecule has 2 atom stereocenters. The second-order valence-corrected chi connectivity index (χ2v) is 3.66. The smallest absolute Gasteiger partial charge is 0.507 e. The lowest BCUT2D eigenvalue weighted by molar-refractivity contribution is -0.147. The summed E-state index contributed by atoms with van der Waals surface area (Å²) >= 11 is 0. The Morgan fingerprint density at radius 2 is 1.31 bits per heavy atom. The molecule has 0 aliphatic carbocycles. The van der Waals surface area contributed by atoms with Crippen molar-refractivity contribution in [3.63, 3.8) is 0 Å². The molecule has 2 aliphatic heterocycles. The number of rotatable bonds is 3. The molecule has 2 fully saturated rings. The zero-order chi connectivity index (χ0) is 11.7. The molecule has 0 N–H and O–H groups in total. The van der Waals surface area contributed by atoms with Gasteiger partial charge in [0.1, 0.15) is 0 Å². The van der Waals surface area contributed by atoms with Crippen molar-refractivity contribution in [3.8, 4) is 0 Å². The van der Waals surface area contributed by atoms with E-state index in [0.29, 0.717) is 12.6 Å². The zero-order valence-corrected chi connectivity index (χ0v) is 9.17. The monoisotopic (exact) mass is 226 g/mol. The molecule has 0 radical (unpaired) electrons. The summed E-state index contributed by atoms with van der Waals surface area (Å²) in [7, 11) is -1.18. The maximum Gasteiger partial charge on any atom is 0.527 e. The molecule has 8 heteroatoms. The highest BCUT2D eigenvalue weighted by atomic mass is 16.7. The van der Waals surface area contributed by atoms with Crippen molar-refractivity contribution in [1.29, 1.82) is 0 Å². The summed E-state index contributed by atoms with van der Waals surface area (Å²) in [4.78, 5) is 22.9. The molecule has 86 valence electrons. The highest BCUT2D eigenvalue weighted by molar-refractivity contribution is 6.50. The van der Waals surface area contributed by atoms with Crippen LogP contribution in [0.25, 0.3) is 0 Å². The molecule has 2 heterocycles. The van der Waals surface area contributed by atoms with Crippen LogP contribution in [-0.2, 0) is 28.2 Å². The van der Waals surface area contributed by atoms with Gasteiger partial charge in [-0.25, -0.2) is 0 Å². The van der Waals surface area contributed by atoms with Crippen LogP contribution in [0, 0.1) is 0 Å². The number of hydrogen-bond donors (Lipinski definition) is 0. The SMILES string of the molecule is CCB1OC(=O)[C@@H]([C@H]2OB(CC)OC2=O)O1. The van der Waals surface area contributed by atoms with Crippen molar-refractivity contribution in [2.75, 3.05) is 0 Å². The lowest BCUT2D eigenvalue weighted by atomic mass is 9.86. The van der Waals surface area contributed by atoms with Crippen molar-refractivity contribution in [2.45, 2.75) is 38.7 Å². The van der Waals surface area contributed by atoms with Crippen LogP contribution in [0.15, 0.2) is 0 Å². The first kappa shape index (κ1) is 11.5. The highest BCUT2D eigenvalue weighted by Crippen LogP contribution is 2.24. The summed E-state index contributed by atoms with van der Waals surface area (Å²) in [6.07, 6.45) is -0.898. The van der Waals surface area contributed by atoms with Gasteiger partial charge in [0.05, 0.1) is 0 Å². The van der Waals surface area contributed by atoms with Gasteiger partial charge in [-0.3, -0.25) is 9.59 Å². The number of carbonyl (C=O) groups is 2. The third kappa shape index (κ3) is 1.94. The molecule has 0 bridgehead atoms. The third-order valence-electron chi connectivity index (χ3n) is 2.50. The van der Waals surface area contributed by atoms with E-state index >= 15 is 0 Å². The normalized spacial score (nSPS) is 29.6. The Bertz CT molecular complexity index is 279. The molecule has 0 spiro atoms. The van der Waals surface area contributed by atoms with Crippen LogP contribution >= 0.6 is 0 Å². The van der Waals surface area contributed by atoms with Gasteiger partial charge in [-0.2, -0.15) is 0 Å². The highest BCUT2D eigenvalue weighted by Gasteiger charge is 2.52. The quantitative estimate of drug-likeness (QED) is 0.625. The molecule has 0 aromatic heterocycles. The second-order valence-electron chi connectivity index (χ2n) is 3.66. The maximum atomic E-state index is 11.4. The Morgan fingerprint density at radius 1 is 0.938 bits per heavy atom. The van der Waals surface area contributed by atoms with Gasteiger partial charge in [-0.1, -0.05) is 13.8 Å². The molecule has 0 aromatic carbocycles. The van der Waals surface area contributed by atoms with E-state index in [9.17, 15) is 9.59 Å². The summed E-state index contributed by atoms with van der Waals surface area (Å²) in [5.74, 6) is -1.13. The molecule has 2 rings (SSSR count). The van der Waals surface area contributed by atoms with Gasteiger partial charge in [-0.05, 0) is 12.6 Å². The van der Waals surface area contributed by atoms with Crippen molar-refractivity contribution >= 4 is 26.2 Å². The van der Waals surface area contributed by atoms with Gasteiger partial charge < -0.3 is 18.6 Å². The molecular formula is C8H12B2O6. The Hall–Kier alpha value is -1.01. The van der Waals surface area contributed by atoms with E-state index in [4.69, 9.17) is 18.6 Å². The fourth-order valence-electron chi connectivity index (χ4n) is 1.64. The Balaban J connectivity index is 2.03. The average molecular weight is 226 g/mol. The molecule has 0 saturated carbocycles. The lowest BCUT2D eigenvalue weighted by Gasteiger charge is -2.11. The van der Waals surface area contributed by atoms with Crippen LogP contribution in [0.4, 0.5) is 0 Å². The van der Waals surface area contributed by atoms with E-state index in [0.717, 1.165) is 0 Å². The topological polar surface area (TPSA) is 71.1 Å². The first-order valence-corrected chi connectivity index (χ1v) is 5.37. The van der Waals surface area contributed by atoms with E-state index in [1.165, 1.54) is 0 Å². The molecular weight excluding hydrogens is 214 g/mol. The summed E-state index contributed by atoms with van der Waals surface area (Å²) in [5.41, 5.74) is 0. The maximum absolute atomic E-state index is 11.4. The van der Waals surface area contributed by atoms with E-state index < -0.39 is 38.4 Å². The predicted octanol–water partition coefficient (Wildman–Crippen LogP) is -0.113. The number of hydrogen-bond acceptors (Lipinski definition) is 6. The standard InChI is InChI=1S/C8H12B2O6/c1-3-9-13-5(7(11)15-9)6-8(12)16-10(4-2)14-6/h5-6H,3-4H2,1-2H3/t5-,6-/m1/s1. The van der Waals surface area contributed by atoms with Crippen molar-refractivity contribution in [2.24, 2.45) is 0 Å². The molecule has 2 saturated heterocycles. The summed E-state index contributed by atoms with van der Waals surface area (Å²) < 4.78 is 20.4. The van der Waals surface area contributed by atoms with Gasteiger partial charge in [0.2, 0.25) is 0 Å². The minimum atomic E-state index is -0.992. The minimum Gasteiger partial charge on any atom is -0.507 e. The average Bonchev–Trinajstić information content (AvgIpc) is 2.81. The van der Waals surface area contributed by atoms with Gasteiger partial charge in [0.15, 0.2) is 12.2 Å². The van der Waals surface area contributed by atoms with Crippen LogP contribution < -0.4 is 0 Å². The zero-order valence-electron chi connectivity index (χ0n) is 9.17. The van der Waals surface area contributed by atoms with Crippen LogP contribution in [0.2, 0.25) is 12.6 Å². The molecule has 0 amide bonds. The van der Waals surface area contributed by atoms with Crippen molar-refractivity contribution in [1.82, 2.24) is 0 Å². The molecule has 0 aromatic rings. The summed E-state index contributed by atoms with van der Waals surface area (Å²) in [5, 5.41) is 0. The van der Waals surface area contributed by atoms with Crippen LogP contribution in [0.1, 0.15) is 13.8 Å². The summed E-state index contributed by atoms with van der Waals surface area (Å²) in [6, 6.07) is 0. The lowest BCUT2D eigenvalue weighted by Crippen LogP contribution is -2.37. The van der Waals surface area contributed by atoms with E-state index in [2.05, 4.69) is 0 Å². The predicted molar refractivity (Wildman–Crippen MR) is 54.4 cm³/mol. The first-order valence-electron chi connectivity index (χ1n) is 5.37. The van der Waals surface area contributed by atoms with Crippen LogP contribution in [0.5, 0.6) is 0 Å². The fourth-order valence-corrected chi connectivity index (χ4v) is 1.64. The van der Waals surface area contributed by atoms with Gasteiger partial charge in [-0.15, -0.1) is 0 Å². The first-order chi connectivity index (χ1) is 7.65. The Morgan fingerprint density at radius 3 is 1.56 bits per heavy atom. The van der Waals surface area contributed by atoms with Crippen molar-refractivity contribution in [3.05, 3.63) is 0 Å².